The average molecular weight is 293 g/mol. The van der Waals surface area contributed by atoms with Crippen LogP contribution in [-0.4, -0.2) is 42.4 Å². The summed E-state index contributed by atoms with van der Waals surface area (Å²) < 4.78 is 12.9. The molecule has 1 aliphatic heterocycles. The molecule has 1 aromatic rings. The number of carbonyl (C=O) groups is 2. The molecule has 2 rings (SSSR count). The number of halogens is 1. The minimum atomic E-state index is -0.376. The Balaban J connectivity index is 1.93. The Morgan fingerprint density at radius 1 is 1.33 bits per heavy atom. The lowest BCUT2D eigenvalue weighted by atomic mass is 10.1. The van der Waals surface area contributed by atoms with E-state index in [0.29, 0.717) is 13.1 Å². The minimum absolute atomic E-state index is 0.0625. The molecule has 0 spiro atoms. The van der Waals surface area contributed by atoms with Crippen LogP contribution in [0.25, 0.3) is 0 Å². The van der Waals surface area contributed by atoms with Gasteiger partial charge in [0.2, 0.25) is 11.8 Å². The third-order valence-electron chi connectivity index (χ3n) is 3.72. The summed E-state index contributed by atoms with van der Waals surface area (Å²) in [6.07, 6.45) is 0. The number of piperazine rings is 1. The zero-order valence-electron chi connectivity index (χ0n) is 12.2. The van der Waals surface area contributed by atoms with Gasteiger partial charge in [-0.2, -0.15) is 0 Å². The van der Waals surface area contributed by atoms with E-state index in [2.05, 4.69) is 10.6 Å². The zero-order valence-corrected chi connectivity index (χ0v) is 12.2. The van der Waals surface area contributed by atoms with Crippen LogP contribution in [-0.2, 0) is 9.59 Å². The highest BCUT2D eigenvalue weighted by molar-refractivity contribution is 5.84. The first-order valence-electron chi connectivity index (χ1n) is 7.04. The molecule has 114 valence electrons. The Morgan fingerprint density at radius 2 is 2.00 bits per heavy atom. The molecule has 0 aromatic heterocycles. The summed E-state index contributed by atoms with van der Waals surface area (Å²) in [6.45, 7) is 5.08. The number of carbonyl (C=O) groups excluding carboxylic acids is 2. The molecule has 0 unspecified atom stereocenters. The van der Waals surface area contributed by atoms with Gasteiger partial charge in [-0.1, -0.05) is 12.1 Å². The van der Waals surface area contributed by atoms with Crippen molar-refractivity contribution in [1.82, 2.24) is 15.5 Å². The van der Waals surface area contributed by atoms with Crippen molar-refractivity contribution < 1.29 is 14.0 Å². The molecule has 1 saturated heterocycles. The summed E-state index contributed by atoms with van der Waals surface area (Å²) in [5.74, 6) is -0.501. The molecule has 6 heteroatoms. The van der Waals surface area contributed by atoms with Crippen LogP contribution in [0.4, 0.5) is 4.39 Å². The number of amides is 2. The van der Waals surface area contributed by atoms with Crippen molar-refractivity contribution in [2.75, 3.05) is 19.6 Å². The second kappa shape index (κ2) is 6.67. The highest BCUT2D eigenvalue weighted by Crippen LogP contribution is 2.13. The van der Waals surface area contributed by atoms with E-state index < -0.39 is 0 Å². The van der Waals surface area contributed by atoms with Gasteiger partial charge in [-0.3, -0.25) is 14.5 Å². The molecule has 2 atom stereocenters. The van der Waals surface area contributed by atoms with Crippen molar-refractivity contribution in [1.29, 1.82) is 0 Å². The van der Waals surface area contributed by atoms with Crippen LogP contribution in [0.2, 0.25) is 0 Å². The van der Waals surface area contributed by atoms with E-state index in [0.717, 1.165) is 5.56 Å². The molecule has 2 amide bonds. The van der Waals surface area contributed by atoms with Gasteiger partial charge in [0.05, 0.1) is 18.6 Å². The van der Waals surface area contributed by atoms with Gasteiger partial charge in [0.1, 0.15) is 5.82 Å². The Hall–Kier alpha value is -1.95. The summed E-state index contributed by atoms with van der Waals surface area (Å²) in [5, 5.41) is 5.62. The third-order valence-corrected chi connectivity index (χ3v) is 3.72. The zero-order chi connectivity index (χ0) is 15.4. The van der Waals surface area contributed by atoms with Gasteiger partial charge in [0.15, 0.2) is 0 Å². The first kappa shape index (κ1) is 15.4. The molecule has 0 bridgehead atoms. The first-order valence-corrected chi connectivity index (χ1v) is 7.04. The van der Waals surface area contributed by atoms with Crippen LogP contribution in [0.3, 0.4) is 0 Å². The van der Waals surface area contributed by atoms with Crippen molar-refractivity contribution in [3.05, 3.63) is 35.6 Å². The Kier molecular flexibility index (Phi) is 4.90. The molecule has 1 aliphatic rings. The fraction of sp³-hybridized carbons (Fsp3) is 0.467. The SMILES string of the molecule is C[C@H](NC(=O)[C@H](C)N1CCNC(=O)C1)c1ccc(F)cc1. The fourth-order valence-electron chi connectivity index (χ4n) is 2.32. The van der Waals surface area contributed by atoms with E-state index in [1.54, 1.807) is 19.1 Å². The highest BCUT2D eigenvalue weighted by atomic mass is 19.1. The third kappa shape index (κ3) is 4.01. The number of hydrogen-bond acceptors (Lipinski definition) is 3. The lowest BCUT2D eigenvalue weighted by Gasteiger charge is -2.31. The predicted octanol–water partition coefficient (Wildman–Crippen LogP) is 0.823. The largest absolute Gasteiger partial charge is 0.354 e. The molecule has 21 heavy (non-hydrogen) atoms. The van der Waals surface area contributed by atoms with E-state index in [1.165, 1.54) is 12.1 Å². The summed E-state index contributed by atoms with van der Waals surface area (Å²) in [7, 11) is 0. The van der Waals surface area contributed by atoms with Gasteiger partial charge in [-0.15, -0.1) is 0 Å². The molecule has 0 saturated carbocycles. The number of hydrogen-bond donors (Lipinski definition) is 2. The van der Waals surface area contributed by atoms with E-state index in [1.807, 2.05) is 11.8 Å². The minimum Gasteiger partial charge on any atom is -0.354 e. The quantitative estimate of drug-likeness (QED) is 0.864. The highest BCUT2D eigenvalue weighted by Gasteiger charge is 2.26. The molecule has 0 radical (unpaired) electrons. The molecule has 2 N–H and O–H groups in total. The van der Waals surface area contributed by atoms with Crippen LogP contribution >= 0.6 is 0 Å². The molecular weight excluding hydrogens is 273 g/mol. The number of benzene rings is 1. The Bertz CT molecular complexity index is 518. The van der Waals surface area contributed by atoms with Crippen LogP contribution in [0.1, 0.15) is 25.5 Å². The standard InChI is InChI=1S/C15H20FN3O2/c1-10(12-3-5-13(16)6-4-12)18-15(21)11(2)19-8-7-17-14(20)9-19/h3-6,10-11H,7-9H2,1-2H3,(H,17,20)(H,18,21)/t10-,11-/m0/s1. The Labute approximate surface area is 123 Å². The Morgan fingerprint density at radius 3 is 2.62 bits per heavy atom. The fourth-order valence-corrected chi connectivity index (χ4v) is 2.32. The van der Waals surface area contributed by atoms with E-state index in [-0.39, 0.29) is 36.3 Å². The summed E-state index contributed by atoms with van der Waals surface area (Å²) in [5.41, 5.74) is 0.841. The predicted molar refractivity (Wildman–Crippen MR) is 77.0 cm³/mol. The van der Waals surface area contributed by atoms with Gasteiger partial charge in [0.25, 0.3) is 0 Å². The van der Waals surface area contributed by atoms with Crippen molar-refractivity contribution >= 4 is 11.8 Å². The van der Waals surface area contributed by atoms with E-state index in [4.69, 9.17) is 0 Å². The second-order valence-corrected chi connectivity index (χ2v) is 5.28. The van der Waals surface area contributed by atoms with Crippen molar-refractivity contribution in [2.45, 2.75) is 25.9 Å². The lowest BCUT2D eigenvalue weighted by molar-refractivity contribution is -0.130. The molecular formula is C15H20FN3O2. The van der Waals surface area contributed by atoms with Crippen LogP contribution in [0.5, 0.6) is 0 Å². The molecule has 0 aliphatic carbocycles. The molecule has 1 aromatic carbocycles. The molecule has 1 fully saturated rings. The maximum Gasteiger partial charge on any atom is 0.237 e. The topological polar surface area (TPSA) is 61.4 Å². The van der Waals surface area contributed by atoms with E-state index in [9.17, 15) is 14.0 Å². The van der Waals surface area contributed by atoms with Gasteiger partial charge in [0, 0.05) is 13.1 Å². The smallest absolute Gasteiger partial charge is 0.237 e. The maximum absolute atomic E-state index is 12.9. The van der Waals surface area contributed by atoms with Gasteiger partial charge >= 0.3 is 0 Å². The van der Waals surface area contributed by atoms with Crippen LogP contribution < -0.4 is 10.6 Å². The van der Waals surface area contributed by atoms with Gasteiger partial charge in [-0.25, -0.2) is 4.39 Å². The summed E-state index contributed by atoms with van der Waals surface area (Å²) >= 11 is 0. The molecule has 1 heterocycles. The van der Waals surface area contributed by atoms with Gasteiger partial charge < -0.3 is 10.6 Å². The molecule has 5 nitrogen and oxygen atoms in total. The van der Waals surface area contributed by atoms with Gasteiger partial charge in [-0.05, 0) is 31.5 Å². The number of nitrogens with zero attached hydrogens (tertiary/aromatic N) is 1. The monoisotopic (exact) mass is 293 g/mol. The van der Waals surface area contributed by atoms with Crippen LogP contribution in [0, 0.1) is 5.82 Å². The maximum atomic E-state index is 12.9. The summed E-state index contributed by atoms with van der Waals surface area (Å²) in [6, 6.07) is 5.46. The van der Waals surface area contributed by atoms with Crippen molar-refractivity contribution in [3.63, 3.8) is 0 Å². The van der Waals surface area contributed by atoms with Crippen LogP contribution in [0.15, 0.2) is 24.3 Å². The number of nitrogens with one attached hydrogen (secondary N) is 2. The number of rotatable bonds is 4. The average Bonchev–Trinajstić information content (AvgIpc) is 2.47. The van der Waals surface area contributed by atoms with E-state index >= 15 is 0 Å². The second-order valence-electron chi connectivity index (χ2n) is 5.28. The lowest BCUT2D eigenvalue weighted by Crippen LogP contribution is -2.55. The summed E-state index contributed by atoms with van der Waals surface area (Å²) in [4.78, 5) is 25.4. The van der Waals surface area contributed by atoms with Crippen molar-refractivity contribution in [2.24, 2.45) is 0 Å². The first-order chi connectivity index (χ1) is 9.97. The normalized spacial score (nSPS) is 18.7. The van der Waals surface area contributed by atoms with Crippen molar-refractivity contribution in [3.8, 4) is 0 Å².